The van der Waals surface area contributed by atoms with Crippen LogP contribution in [0.25, 0.3) is 10.9 Å². The van der Waals surface area contributed by atoms with Crippen LogP contribution in [0.15, 0.2) is 42.7 Å². The number of nitrogens with zero attached hydrogens (tertiary/aromatic N) is 5. The Bertz CT molecular complexity index is 1560. The third-order valence-electron chi connectivity index (χ3n) is 7.81. The highest BCUT2D eigenvalue weighted by molar-refractivity contribution is 6.02. The fourth-order valence-electron chi connectivity index (χ4n) is 5.28. The van der Waals surface area contributed by atoms with Crippen molar-refractivity contribution in [1.29, 1.82) is 0 Å². The summed E-state index contributed by atoms with van der Waals surface area (Å²) in [4.78, 5) is 31.3. The molecule has 2 aliphatic rings. The van der Waals surface area contributed by atoms with Gasteiger partial charge >= 0.3 is 0 Å². The minimum absolute atomic E-state index is 0.0564. The van der Waals surface area contributed by atoms with E-state index in [0.717, 1.165) is 57.4 Å². The van der Waals surface area contributed by atoms with Crippen molar-refractivity contribution < 1.29 is 18.3 Å². The van der Waals surface area contributed by atoms with Gasteiger partial charge in [-0.25, -0.2) is 18.7 Å². The lowest BCUT2D eigenvalue weighted by Crippen LogP contribution is -2.45. The number of halogens is 2. The fraction of sp³-hybridized carbons (Fsp3) is 0.367. The molecule has 9 nitrogen and oxygen atoms in total. The first-order valence-corrected chi connectivity index (χ1v) is 14.0. The van der Waals surface area contributed by atoms with Crippen molar-refractivity contribution in [3.63, 3.8) is 0 Å². The number of ether oxygens (including phenoxy) is 1. The number of likely N-dealkylation sites (tertiary alicyclic amines) is 1. The van der Waals surface area contributed by atoms with Gasteiger partial charge in [0, 0.05) is 68.6 Å². The highest BCUT2D eigenvalue weighted by Crippen LogP contribution is 2.35. The summed E-state index contributed by atoms with van der Waals surface area (Å²) in [5.41, 5.74) is 2.66. The van der Waals surface area contributed by atoms with Gasteiger partial charge in [0.2, 0.25) is 5.88 Å². The van der Waals surface area contributed by atoms with Crippen LogP contribution in [-0.4, -0.2) is 81.4 Å². The number of H-pyrrole nitrogens is 1. The van der Waals surface area contributed by atoms with Crippen molar-refractivity contribution in [2.75, 3.05) is 51.1 Å². The Morgan fingerprint density at radius 1 is 1.02 bits per heavy atom. The third-order valence-corrected chi connectivity index (χ3v) is 7.81. The average molecular weight is 562 g/mol. The molecule has 0 radical (unpaired) electrons. The van der Waals surface area contributed by atoms with Gasteiger partial charge in [0.05, 0.1) is 5.52 Å². The lowest BCUT2D eigenvalue weighted by molar-refractivity contribution is 0.0649. The predicted molar refractivity (Wildman–Crippen MR) is 153 cm³/mol. The molecule has 2 N–H and O–H groups in total. The summed E-state index contributed by atoms with van der Waals surface area (Å²) in [5.74, 6) is -2.02. The molecule has 214 valence electrons. The van der Waals surface area contributed by atoms with Crippen LogP contribution in [0.5, 0.6) is 11.6 Å². The molecule has 4 aromatic rings. The molecule has 0 saturated carbocycles. The maximum absolute atomic E-state index is 15.3. The highest BCUT2D eigenvalue weighted by atomic mass is 19.1. The zero-order chi connectivity index (χ0) is 28.5. The molecule has 2 aliphatic heterocycles. The zero-order valence-corrected chi connectivity index (χ0v) is 23.2. The molecule has 4 heterocycles. The molecule has 0 aliphatic carbocycles. The van der Waals surface area contributed by atoms with E-state index in [1.807, 2.05) is 12.1 Å². The second kappa shape index (κ2) is 11.4. The minimum atomic E-state index is -0.743. The maximum Gasteiger partial charge on any atom is 0.263 e. The molecule has 0 bridgehead atoms. The van der Waals surface area contributed by atoms with Crippen LogP contribution < -0.4 is 10.1 Å². The zero-order valence-electron chi connectivity index (χ0n) is 23.2. The molecule has 1 amide bonds. The first kappa shape index (κ1) is 27.1. The number of benzene rings is 2. The molecule has 2 aromatic heterocycles. The summed E-state index contributed by atoms with van der Waals surface area (Å²) >= 11 is 0. The number of likely N-dealkylation sites (N-methyl/N-ethyl adjacent to an activating group) is 1. The number of aromatic amines is 1. The van der Waals surface area contributed by atoms with Gasteiger partial charge in [-0.2, -0.15) is 0 Å². The maximum atomic E-state index is 15.3. The number of rotatable bonds is 8. The van der Waals surface area contributed by atoms with E-state index in [-0.39, 0.29) is 39.8 Å². The number of anilines is 2. The van der Waals surface area contributed by atoms with Crippen LogP contribution in [0.4, 0.5) is 20.3 Å². The van der Waals surface area contributed by atoms with Gasteiger partial charge < -0.3 is 24.8 Å². The highest BCUT2D eigenvalue weighted by Gasteiger charge is 2.30. The molecule has 0 spiro atoms. The molecule has 0 atom stereocenters. The fourth-order valence-corrected chi connectivity index (χ4v) is 5.28. The lowest BCUT2D eigenvalue weighted by Gasteiger charge is -2.34. The van der Waals surface area contributed by atoms with Crippen molar-refractivity contribution in [3.8, 4) is 11.6 Å². The van der Waals surface area contributed by atoms with Crippen molar-refractivity contribution in [2.24, 2.45) is 0 Å². The first-order chi connectivity index (χ1) is 19.9. The SMILES string of the molecule is CCN1CCN(Cc2ccc(Nc3ncnc(Oc4cc(F)c5[nH]c(C)cc5c4F)c3C(=O)N3CCC3)cc2)CC1. The van der Waals surface area contributed by atoms with Gasteiger partial charge in [0.15, 0.2) is 23.2 Å². The van der Waals surface area contributed by atoms with E-state index < -0.39 is 11.6 Å². The van der Waals surface area contributed by atoms with E-state index in [4.69, 9.17) is 4.74 Å². The Morgan fingerprint density at radius 3 is 2.44 bits per heavy atom. The summed E-state index contributed by atoms with van der Waals surface area (Å²) in [7, 11) is 0. The van der Waals surface area contributed by atoms with Crippen LogP contribution >= 0.6 is 0 Å². The van der Waals surface area contributed by atoms with E-state index in [2.05, 4.69) is 49.1 Å². The van der Waals surface area contributed by atoms with E-state index in [9.17, 15) is 9.18 Å². The van der Waals surface area contributed by atoms with Crippen LogP contribution in [-0.2, 0) is 6.54 Å². The number of carbonyl (C=O) groups excluding carboxylic acids is 1. The first-order valence-electron chi connectivity index (χ1n) is 14.0. The van der Waals surface area contributed by atoms with E-state index in [1.54, 1.807) is 11.8 Å². The number of nitrogens with one attached hydrogen (secondary N) is 2. The Kier molecular flexibility index (Phi) is 7.55. The summed E-state index contributed by atoms with van der Waals surface area (Å²) in [6.45, 7) is 11.3. The quantitative estimate of drug-likeness (QED) is 0.311. The summed E-state index contributed by atoms with van der Waals surface area (Å²) < 4.78 is 35.9. The predicted octanol–water partition coefficient (Wildman–Crippen LogP) is 5.06. The molecule has 41 heavy (non-hydrogen) atoms. The van der Waals surface area contributed by atoms with Crippen molar-refractivity contribution in [3.05, 3.63) is 71.2 Å². The van der Waals surface area contributed by atoms with Gasteiger partial charge in [-0.3, -0.25) is 9.69 Å². The van der Waals surface area contributed by atoms with E-state index in [0.29, 0.717) is 18.8 Å². The summed E-state index contributed by atoms with van der Waals surface area (Å²) in [5, 5.41) is 3.28. The molecule has 2 fully saturated rings. The third kappa shape index (κ3) is 5.59. The second-order valence-corrected chi connectivity index (χ2v) is 10.6. The van der Waals surface area contributed by atoms with Gasteiger partial charge in [-0.05, 0) is 43.7 Å². The Labute approximate surface area is 237 Å². The van der Waals surface area contributed by atoms with Crippen molar-refractivity contribution >= 4 is 28.3 Å². The average Bonchev–Trinajstić information content (AvgIpc) is 3.35. The number of amides is 1. The largest absolute Gasteiger partial charge is 0.435 e. The topological polar surface area (TPSA) is 89.6 Å². The normalized spacial score (nSPS) is 16.1. The summed E-state index contributed by atoms with van der Waals surface area (Å²) in [6, 6.07) is 10.5. The number of carbonyl (C=O) groups is 1. The van der Waals surface area contributed by atoms with Gasteiger partial charge in [-0.1, -0.05) is 19.1 Å². The molecule has 2 saturated heterocycles. The second-order valence-electron chi connectivity index (χ2n) is 10.6. The van der Waals surface area contributed by atoms with Gasteiger partial charge in [-0.15, -0.1) is 0 Å². The van der Waals surface area contributed by atoms with Gasteiger partial charge in [0.25, 0.3) is 5.91 Å². The Balaban J connectivity index is 1.26. The number of fused-ring (bicyclic) bond motifs is 1. The summed E-state index contributed by atoms with van der Waals surface area (Å²) in [6.07, 6.45) is 2.12. The number of hydrogen-bond donors (Lipinski definition) is 2. The smallest absolute Gasteiger partial charge is 0.263 e. The van der Waals surface area contributed by atoms with Crippen molar-refractivity contribution in [1.82, 2.24) is 29.7 Å². The number of aromatic nitrogens is 3. The van der Waals surface area contributed by atoms with Crippen LogP contribution in [0.3, 0.4) is 0 Å². The van der Waals surface area contributed by atoms with Crippen LogP contribution in [0.2, 0.25) is 0 Å². The van der Waals surface area contributed by atoms with Crippen LogP contribution in [0, 0.1) is 18.6 Å². The lowest BCUT2D eigenvalue weighted by atomic mass is 10.1. The number of piperazine rings is 1. The molecular formula is C30H33F2N7O2. The standard InChI is InChI=1S/C30H33F2N7O2/c1-3-37-11-13-38(14-12-37)17-20-5-7-21(8-6-20)36-28-25(30(40)39-9-4-10-39)29(34-18-33-28)41-24-16-23(31)27-22(26(24)32)15-19(2)35-27/h5-8,15-16,18,35H,3-4,9-14,17H2,1-2H3,(H,33,34,36). The Morgan fingerprint density at radius 2 is 1.76 bits per heavy atom. The van der Waals surface area contributed by atoms with E-state index >= 15 is 4.39 Å². The van der Waals surface area contributed by atoms with E-state index in [1.165, 1.54) is 18.0 Å². The monoisotopic (exact) mass is 561 g/mol. The van der Waals surface area contributed by atoms with Gasteiger partial charge in [0.1, 0.15) is 11.9 Å². The molecule has 2 aromatic carbocycles. The molecular weight excluding hydrogens is 528 g/mol. The van der Waals surface area contributed by atoms with Crippen LogP contribution in [0.1, 0.15) is 35.0 Å². The Hall–Kier alpha value is -4.09. The molecule has 6 rings (SSSR count). The minimum Gasteiger partial charge on any atom is -0.435 e. The molecule has 0 unspecified atom stereocenters. The number of aryl methyl sites for hydroxylation is 1. The van der Waals surface area contributed by atoms with Crippen molar-refractivity contribution in [2.45, 2.75) is 26.8 Å². The number of hydrogen-bond acceptors (Lipinski definition) is 7. The molecule has 11 heteroatoms.